The summed E-state index contributed by atoms with van der Waals surface area (Å²) >= 11 is 0. The summed E-state index contributed by atoms with van der Waals surface area (Å²) in [5.74, 6) is 0.313. The van der Waals surface area contributed by atoms with Crippen molar-refractivity contribution in [3.05, 3.63) is 34.9 Å². The van der Waals surface area contributed by atoms with Crippen molar-refractivity contribution < 1.29 is 4.79 Å². The Labute approximate surface area is 124 Å². The Morgan fingerprint density at radius 2 is 1.50 bits per heavy atom. The van der Waals surface area contributed by atoms with Crippen LogP contribution in [0, 0.1) is 13.8 Å². The molecule has 0 heterocycles. The highest BCUT2D eigenvalue weighted by Gasteiger charge is 2.08. The standard InChI is InChI=1S/C19H30O/c1-4-5-6-7-8-9-10-11-12-19(20)18-14-13-16(2)15-17(18)3/h13-15H,4-12H2,1-3H3. The summed E-state index contributed by atoms with van der Waals surface area (Å²) in [6.07, 6.45) is 11.0. The van der Waals surface area contributed by atoms with Crippen LogP contribution in [0.5, 0.6) is 0 Å². The summed E-state index contributed by atoms with van der Waals surface area (Å²) in [5.41, 5.74) is 3.26. The molecule has 0 bridgehead atoms. The van der Waals surface area contributed by atoms with Gasteiger partial charge in [0.2, 0.25) is 0 Å². The third-order valence-corrected chi connectivity index (χ3v) is 3.94. The van der Waals surface area contributed by atoms with Gasteiger partial charge in [0.1, 0.15) is 0 Å². The fourth-order valence-corrected chi connectivity index (χ4v) is 2.68. The lowest BCUT2D eigenvalue weighted by Gasteiger charge is -2.06. The van der Waals surface area contributed by atoms with Crippen LogP contribution >= 0.6 is 0 Å². The van der Waals surface area contributed by atoms with E-state index in [1.165, 1.54) is 50.5 Å². The maximum absolute atomic E-state index is 12.2. The summed E-state index contributed by atoms with van der Waals surface area (Å²) in [6, 6.07) is 6.12. The second-order valence-corrected chi connectivity index (χ2v) is 5.97. The van der Waals surface area contributed by atoms with Crippen LogP contribution in [-0.4, -0.2) is 5.78 Å². The minimum Gasteiger partial charge on any atom is -0.294 e. The number of unbranched alkanes of at least 4 members (excludes halogenated alkanes) is 7. The summed E-state index contributed by atoms with van der Waals surface area (Å²) in [5, 5.41) is 0. The van der Waals surface area contributed by atoms with Crippen molar-refractivity contribution in [2.75, 3.05) is 0 Å². The summed E-state index contributed by atoms with van der Waals surface area (Å²) in [7, 11) is 0. The highest BCUT2D eigenvalue weighted by Crippen LogP contribution is 2.15. The Morgan fingerprint density at radius 3 is 2.10 bits per heavy atom. The molecule has 0 aliphatic rings. The highest BCUT2D eigenvalue weighted by molar-refractivity contribution is 5.97. The molecule has 0 saturated heterocycles. The molecule has 0 aliphatic carbocycles. The fraction of sp³-hybridized carbons (Fsp3) is 0.632. The number of carbonyl (C=O) groups is 1. The molecule has 0 spiro atoms. The largest absolute Gasteiger partial charge is 0.294 e. The minimum absolute atomic E-state index is 0.313. The van der Waals surface area contributed by atoms with Crippen LogP contribution in [0.3, 0.4) is 0 Å². The van der Waals surface area contributed by atoms with Gasteiger partial charge in [-0.05, 0) is 25.8 Å². The van der Waals surface area contributed by atoms with Gasteiger partial charge in [-0.15, -0.1) is 0 Å². The Morgan fingerprint density at radius 1 is 0.900 bits per heavy atom. The van der Waals surface area contributed by atoms with Gasteiger partial charge in [0.25, 0.3) is 0 Å². The molecule has 1 nitrogen and oxygen atoms in total. The zero-order chi connectivity index (χ0) is 14.8. The molecule has 0 saturated carbocycles. The van der Waals surface area contributed by atoms with Gasteiger partial charge < -0.3 is 0 Å². The van der Waals surface area contributed by atoms with Crippen molar-refractivity contribution in [3.8, 4) is 0 Å². The van der Waals surface area contributed by atoms with Gasteiger partial charge in [-0.25, -0.2) is 0 Å². The second-order valence-electron chi connectivity index (χ2n) is 5.97. The molecule has 0 aliphatic heterocycles. The van der Waals surface area contributed by atoms with E-state index < -0.39 is 0 Å². The van der Waals surface area contributed by atoms with E-state index in [1.54, 1.807) is 0 Å². The maximum atomic E-state index is 12.2. The van der Waals surface area contributed by atoms with E-state index in [-0.39, 0.29) is 0 Å². The van der Waals surface area contributed by atoms with Crippen LogP contribution in [0.1, 0.15) is 86.2 Å². The van der Waals surface area contributed by atoms with Gasteiger partial charge in [-0.3, -0.25) is 4.79 Å². The normalized spacial score (nSPS) is 10.8. The van der Waals surface area contributed by atoms with Crippen LogP contribution in [0.15, 0.2) is 18.2 Å². The Hall–Kier alpha value is -1.11. The first-order chi connectivity index (χ1) is 9.65. The van der Waals surface area contributed by atoms with E-state index >= 15 is 0 Å². The van der Waals surface area contributed by atoms with Crippen LogP contribution < -0.4 is 0 Å². The van der Waals surface area contributed by atoms with Gasteiger partial charge in [0.05, 0.1) is 0 Å². The average molecular weight is 274 g/mol. The van der Waals surface area contributed by atoms with E-state index in [0.29, 0.717) is 12.2 Å². The third-order valence-electron chi connectivity index (χ3n) is 3.94. The molecule has 0 N–H and O–H groups in total. The third kappa shape index (κ3) is 6.36. The first kappa shape index (κ1) is 16.9. The van der Waals surface area contributed by atoms with Gasteiger partial charge in [0, 0.05) is 12.0 Å². The minimum atomic E-state index is 0.313. The van der Waals surface area contributed by atoms with E-state index in [1.807, 2.05) is 19.1 Å². The van der Waals surface area contributed by atoms with Crippen LogP contribution in [0.25, 0.3) is 0 Å². The quantitative estimate of drug-likeness (QED) is 0.377. The van der Waals surface area contributed by atoms with Crippen molar-refractivity contribution in [1.29, 1.82) is 0 Å². The number of rotatable bonds is 10. The average Bonchev–Trinajstić information content (AvgIpc) is 2.41. The smallest absolute Gasteiger partial charge is 0.163 e. The molecule has 0 atom stereocenters. The molecule has 0 amide bonds. The van der Waals surface area contributed by atoms with Crippen LogP contribution in [0.4, 0.5) is 0 Å². The SMILES string of the molecule is CCCCCCCCCCC(=O)c1ccc(C)cc1C. The molecular weight excluding hydrogens is 244 g/mol. The van der Waals surface area contributed by atoms with Crippen LogP contribution in [-0.2, 0) is 0 Å². The van der Waals surface area contributed by atoms with Crippen molar-refractivity contribution in [1.82, 2.24) is 0 Å². The van der Waals surface area contributed by atoms with Crippen molar-refractivity contribution in [3.63, 3.8) is 0 Å². The topological polar surface area (TPSA) is 17.1 Å². The number of aryl methyl sites for hydroxylation is 2. The predicted molar refractivity (Wildman–Crippen MR) is 87.5 cm³/mol. The van der Waals surface area contributed by atoms with E-state index in [2.05, 4.69) is 19.9 Å². The summed E-state index contributed by atoms with van der Waals surface area (Å²) < 4.78 is 0. The Bertz CT molecular complexity index is 406. The summed E-state index contributed by atoms with van der Waals surface area (Å²) in [4.78, 5) is 12.2. The molecule has 0 fully saturated rings. The zero-order valence-corrected chi connectivity index (χ0v) is 13.5. The lowest BCUT2D eigenvalue weighted by molar-refractivity contribution is 0.0978. The molecule has 1 aromatic rings. The molecule has 1 heteroatoms. The number of carbonyl (C=O) groups excluding carboxylic acids is 1. The molecule has 0 radical (unpaired) electrons. The first-order valence-corrected chi connectivity index (χ1v) is 8.25. The number of hydrogen-bond acceptors (Lipinski definition) is 1. The van der Waals surface area contributed by atoms with Crippen molar-refractivity contribution >= 4 is 5.78 Å². The molecule has 1 rings (SSSR count). The molecule has 112 valence electrons. The molecule has 0 aromatic heterocycles. The number of hydrogen-bond donors (Lipinski definition) is 0. The molecular formula is C19H30O. The zero-order valence-electron chi connectivity index (χ0n) is 13.5. The van der Waals surface area contributed by atoms with E-state index in [9.17, 15) is 4.79 Å². The number of ketones is 1. The van der Waals surface area contributed by atoms with Crippen molar-refractivity contribution in [2.45, 2.75) is 78.6 Å². The Kier molecular flexibility index (Phi) is 8.25. The van der Waals surface area contributed by atoms with Crippen LogP contribution in [0.2, 0.25) is 0 Å². The number of benzene rings is 1. The highest BCUT2D eigenvalue weighted by atomic mass is 16.1. The van der Waals surface area contributed by atoms with Crippen molar-refractivity contribution in [2.24, 2.45) is 0 Å². The predicted octanol–water partition coefficient (Wildman–Crippen LogP) is 6.02. The molecule has 0 unspecified atom stereocenters. The van der Waals surface area contributed by atoms with E-state index in [0.717, 1.165) is 17.5 Å². The van der Waals surface area contributed by atoms with Gasteiger partial charge in [-0.1, -0.05) is 75.6 Å². The molecule has 1 aromatic carbocycles. The maximum Gasteiger partial charge on any atom is 0.163 e. The summed E-state index contributed by atoms with van der Waals surface area (Å²) in [6.45, 7) is 6.35. The van der Waals surface area contributed by atoms with Gasteiger partial charge in [-0.2, -0.15) is 0 Å². The Balaban J connectivity index is 2.17. The first-order valence-electron chi connectivity index (χ1n) is 8.25. The van der Waals surface area contributed by atoms with E-state index in [4.69, 9.17) is 0 Å². The molecule has 20 heavy (non-hydrogen) atoms. The lowest BCUT2D eigenvalue weighted by atomic mass is 9.98. The van der Waals surface area contributed by atoms with Gasteiger partial charge in [0.15, 0.2) is 5.78 Å². The van der Waals surface area contributed by atoms with Gasteiger partial charge >= 0.3 is 0 Å². The number of Topliss-reactive ketones (excluding diaryl/α,β-unsaturated/α-hetero) is 1. The monoisotopic (exact) mass is 274 g/mol. The fourth-order valence-electron chi connectivity index (χ4n) is 2.68. The lowest BCUT2D eigenvalue weighted by Crippen LogP contribution is -2.02. The second kappa shape index (κ2) is 9.74.